The van der Waals surface area contributed by atoms with Gasteiger partial charge in [-0.1, -0.05) is 0 Å². The zero-order valence-corrected chi connectivity index (χ0v) is 17.2. The lowest BCUT2D eigenvalue weighted by Crippen LogP contribution is -2.50. The van der Waals surface area contributed by atoms with E-state index in [4.69, 9.17) is 4.98 Å². The van der Waals surface area contributed by atoms with Crippen molar-refractivity contribution in [3.63, 3.8) is 0 Å². The molecule has 0 atom stereocenters. The minimum Gasteiger partial charge on any atom is -0.342 e. The molecule has 2 aliphatic rings. The van der Waals surface area contributed by atoms with Crippen molar-refractivity contribution in [2.75, 3.05) is 50.7 Å². The highest BCUT2D eigenvalue weighted by Gasteiger charge is 2.26. The Labute approximate surface area is 167 Å². The standard InChI is InChI=1S/C19H25N7OS/c1-13-14(2)28-18-16(13)17-20-12-21-26(17)19(22-18)25-9-7-23(8-10-25)11-15(27)24-5-3-4-6-24/h12H,3-11H2,1-2H3. The van der Waals surface area contributed by atoms with Gasteiger partial charge in [0.2, 0.25) is 11.9 Å². The number of aryl methyl sites for hydroxylation is 2. The largest absolute Gasteiger partial charge is 0.342 e. The molecule has 28 heavy (non-hydrogen) atoms. The highest BCUT2D eigenvalue weighted by molar-refractivity contribution is 7.18. The van der Waals surface area contributed by atoms with E-state index in [0.717, 1.165) is 73.9 Å². The first-order valence-corrected chi connectivity index (χ1v) is 10.8. The van der Waals surface area contributed by atoms with Gasteiger partial charge in [0.15, 0.2) is 5.65 Å². The van der Waals surface area contributed by atoms with Crippen molar-refractivity contribution < 1.29 is 4.79 Å². The number of anilines is 1. The topological polar surface area (TPSA) is 69.9 Å². The molecule has 8 nitrogen and oxygen atoms in total. The zero-order chi connectivity index (χ0) is 19.3. The first-order valence-electron chi connectivity index (χ1n) is 9.96. The van der Waals surface area contributed by atoms with Crippen molar-refractivity contribution in [2.24, 2.45) is 0 Å². The van der Waals surface area contributed by atoms with Crippen molar-refractivity contribution in [3.8, 4) is 0 Å². The summed E-state index contributed by atoms with van der Waals surface area (Å²) < 4.78 is 1.87. The highest BCUT2D eigenvalue weighted by Crippen LogP contribution is 2.33. The third-order valence-electron chi connectivity index (χ3n) is 6.00. The second-order valence-electron chi connectivity index (χ2n) is 7.72. The number of rotatable bonds is 3. The summed E-state index contributed by atoms with van der Waals surface area (Å²) in [6.07, 6.45) is 3.89. The van der Waals surface area contributed by atoms with Crippen molar-refractivity contribution in [1.82, 2.24) is 29.4 Å². The maximum absolute atomic E-state index is 12.4. The fraction of sp³-hybridized carbons (Fsp3) is 0.579. The van der Waals surface area contributed by atoms with Crippen LogP contribution in [-0.4, -0.2) is 81.1 Å². The molecule has 3 aromatic rings. The predicted molar refractivity (Wildman–Crippen MR) is 110 cm³/mol. The van der Waals surface area contributed by atoms with Gasteiger partial charge in [-0.25, -0.2) is 9.97 Å². The number of fused-ring (bicyclic) bond motifs is 3. The Morgan fingerprint density at radius 1 is 1.11 bits per heavy atom. The van der Waals surface area contributed by atoms with Gasteiger partial charge in [-0.3, -0.25) is 9.69 Å². The maximum Gasteiger partial charge on any atom is 0.236 e. The van der Waals surface area contributed by atoms with E-state index in [9.17, 15) is 4.79 Å². The lowest BCUT2D eigenvalue weighted by molar-refractivity contribution is -0.131. The van der Waals surface area contributed by atoms with Crippen LogP contribution in [0.3, 0.4) is 0 Å². The molecule has 0 spiro atoms. The van der Waals surface area contributed by atoms with E-state index in [1.807, 2.05) is 9.42 Å². The molecular formula is C19H25N7OS. The predicted octanol–water partition coefficient (Wildman–Crippen LogP) is 1.70. The Balaban J connectivity index is 1.35. The van der Waals surface area contributed by atoms with E-state index in [-0.39, 0.29) is 5.91 Å². The molecule has 148 valence electrons. The van der Waals surface area contributed by atoms with E-state index in [1.54, 1.807) is 17.7 Å². The number of hydrogen-bond acceptors (Lipinski definition) is 7. The molecule has 3 aromatic heterocycles. The number of carbonyl (C=O) groups is 1. The van der Waals surface area contributed by atoms with Gasteiger partial charge in [0.25, 0.3) is 0 Å². The summed E-state index contributed by atoms with van der Waals surface area (Å²) in [6, 6.07) is 0. The third-order valence-corrected chi connectivity index (χ3v) is 7.10. The Morgan fingerprint density at radius 2 is 1.86 bits per heavy atom. The van der Waals surface area contributed by atoms with Crippen LogP contribution in [0.15, 0.2) is 6.33 Å². The number of carbonyl (C=O) groups excluding carboxylic acids is 1. The maximum atomic E-state index is 12.4. The van der Waals surface area contributed by atoms with Crippen LogP contribution in [0, 0.1) is 13.8 Å². The van der Waals surface area contributed by atoms with E-state index in [1.165, 1.54) is 10.4 Å². The summed E-state index contributed by atoms with van der Waals surface area (Å²) in [5.74, 6) is 1.13. The average Bonchev–Trinajstić information content (AvgIpc) is 3.43. The number of aromatic nitrogens is 4. The van der Waals surface area contributed by atoms with E-state index in [0.29, 0.717) is 6.54 Å². The zero-order valence-electron chi connectivity index (χ0n) is 16.4. The summed E-state index contributed by atoms with van der Waals surface area (Å²) >= 11 is 1.72. The van der Waals surface area contributed by atoms with E-state index >= 15 is 0 Å². The molecule has 2 aliphatic heterocycles. The van der Waals surface area contributed by atoms with E-state index in [2.05, 4.69) is 33.7 Å². The first-order chi connectivity index (χ1) is 13.6. The Hall–Kier alpha value is -2.26. The molecule has 0 radical (unpaired) electrons. The molecule has 0 saturated carbocycles. The highest BCUT2D eigenvalue weighted by atomic mass is 32.1. The lowest BCUT2D eigenvalue weighted by atomic mass is 10.2. The van der Waals surface area contributed by atoms with Gasteiger partial charge in [-0.2, -0.15) is 9.61 Å². The van der Waals surface area contributed by atoms with Crippen molar-refractivity contribution in [2.45, 2.75) is 26.7 Å². The Kier molecular flexibility index (Phi) is 4.43. The van der Waals surface area contributed by atoms with Crippen molar-refractivity contribution in [1.29, 1.82) is 0 Å². The number of likely N-dealkylation sites (tertiary alicyclic amines) is 1. The molecule has 9 heteroatoms. The molecule has 0 aliphatic carbocycles. The van der Waals surface area contributed by atoms with Crippen LogP contribution in [0.25, 0.3) is 15.9 Å². The number of amides is 1. The summed E-state index contributed by atoms with van der Waals surface area (Å²) in [5.41, 5.74) is 2.12. The minimum absolute atomic E-state index is 0.272. The quantitative estimate of drug-likeness (QED) is 0.668. The first kappa shape index (κ1) is 17.8. The second kappa shape index (κ2) is 6.97. The van der Waals surface area contributed by atoms with Gasteiger partial charge in [0.05, 0.1) is 11.9 Å². The molecule has 5 heterocycles. The summed E-state index contributed by atoms with van der Waals surface area (Å²) in [5, 5.41) is 5.56. The normalized spacial score (nSPS) is 18.6. The molecule has 0 aromatic carbocycles. The fourth-order valence-electron chi connectivity index (χ4n) is 4.22. The van der Waals surface area contributed by atoms with Crippen LogP contribution in [0.4, 0.5) is 5.95 Å². The molecule has 5 rings (SSSR count). The summed E-state index contributed by atoms with van der Waals surface area (Å²) in [7, 11) is 0. The van der Waals surface area contributed by atoms with Gasteiger partial charge in [-0.15, -0.1) is 11.3 Å². The molecular weight excluding hydrogens is 374 g/mol. The smallest absolute Gasteiger partial charge is 0.236 e. The molecule has 2 saturated heterocycles. The van der Waals surface area contributed by atoms with Crippen LogP contribution in [0.5, 0.6) is 0 Å². The van der Waals surface area contributed by atoms with Gasteiger partial charge in [-0.05, 0) is 32.3 Å². The van der Waals surface area contributed by atoms with Gasteiger partial charge >= 0.3 is 0 Å². The number of nitrogens with zero attached hydrogens (tertiary/aromatic N) is 7. The number of piperazine rings is 1. The molecule has 0 unspecified atom stereocenters. The minimum atomic E-state index is 0.272. The second-order valence-corrected chi connectivity index (χ2v) is 8.92. The Bertz CT molecular complexity index is 1030. The van der Waals surface area contributed by atoms with Gasteiger partial charge in [0.1, 0.15) is 11.2 Å². The fourth-order valence-corrected chi connectivity index (χ4v) is 5.23. The van der Waals surface area contributed by atoms with Crippen LogP contribution >= 0.6 is 11.3 Å². The molecule has 1 amide bonds. The summed E-state index contributed by atoms with van der Waals surface area (Å²) in [4.78, 5) is 30.7. The molecule has 2 fully saturated rings. The van der Waals surface area contributed by atoms with Crippen molar-refractivity contribution in [3.05, 3.63) is 16.8 Å². The molecule has 0 N–H and O–H groups in total. The average molecular weight is 400 g/mol. The van der Waals surface area contributed by atoms with Crippen molar-refractivity contribution >= 4 is 39.1 Å². The number of thiophene rings is 1. The van der Waals surface area contributed by atoms with Gasteiger partial charge in [0, 0.05) is 44.1 Å². The van der Waals surface area contributed by atoms with Crippen LogP contribution < -0.4 is 4.90 Å². The van der Waals surface area contributed by atoms with Gasteiger partial charge < -0.3 is 9.80 Å². The molecule has 0 bridgehead atoms. The van der Waals surface area contributed by atoms with E-state index < -0.39 is 0 Å². The Morgan fingerprint density at radius 3 is 2.61 bits per heavy atom. The monoisotopic (exact) mass is 399 g/mol. The summed E-state index contributed by atoms with van der Waals surface area (Å²) in [6.45, 7) is 10.0. The van der Waals surface area contributed by atoms with Crippen LogP contribution in [0.1, 0.15) is 23.3 Å². The van der Waals surface area contributed by atoms with Crippen LogP contribution in [-0.2, 0) is 4.79 Å². The number of hydrogen-bond donors (Lipinski definition) is 0. The lowest BCUT2D eigenvalue weighted by Gasteiger charge is -2.35. The SMILES string of the molecule is Cc1sc2nc(N3CCN(CC(=O)N4CCCC4)CC3)n3ncnc3c2c1C. The van der Waals surface area contributed by atoms with Crippen LogP contribution in [0.2, 0.25) is 0 Å². The third kappa shape index (κ3) is 2.93.